The summed E-state index contributed by atoms with van der Waals surface area (Å²) in [5.74, 6) is 0.198. The number of imidazole rings is 1. The van der Waals surface area contributed by atoms with Crippen molar-refractivity contribution in [2.24, 2.45) is 5.41 Å². The Morgan fingerprint density at radius 3 is 2.58 bits per heavy atom. The van der Waals surface area contributed by atoms with Gasteiger partial charge in [0, 0.05) is 25.5 Å². The van der Waals surface area contributed by atoms with Crippen LogP contribution in [0.5, 0.6) is 0 Å². The van der Waals surface area contributed by atoms with Crippen LogP contribution in [-0.4, -0.2) is 40.0 Å². The lowest BCUT2D eigenvalue weighted by Crippen LogP contribution is -2.43. The van der Waals surface area contributed by atoms with Gasteiger partial charge in [0.05, 0.1) is 17.8 Å². The van der Waals surface area contributed by atoms with Gasteiger partial charge in [-0.2, -0.15) is 0 Å². The van der Waals surface area contributed by atoms with Crippen LogP contribution in [-0.2, 0) is 11.3 Å². The third kappa shape index (κ3) is 3.83. The van der Waals surface area contributed by atoms with Crippen LogP contribution in [0.3, 0.4) is 0 Å². The summed E-state index contributed by atoms with van der Waals surface area (Å²) in [7, 11) is 0. The first-order valence-corrected chi connectivity index (χ1v) is 9.80. The van der Waals surface area contributed by atoms with Gasteiger partial charge in [-0.3, -0.25) is 9.69 Å². The number of nitrogens with zero attached hydrogens (tertiary/aromatic N) is 3. The van der Waals surface area contributed by atoms with Gasteiger partial charge in [-0.15, -0.1) is 0 Å². The molecular formula is C21H28N4O. The number of piperidine rings is 1. The highest BCUT2D eigenvalue weighted by molar-refractivity contribution is 5.85. The SMILES string of the molecule is O=C(NC[C@H](c1ccccc1)N1CCCCC1)C1(Cn2ccnc2)CC1. The molecule has 1 saturated heterocycles. The normalized spacial score (nSPS) is 20.5. The molecule has 1 aromatic heterocycles. The molecule has 0 unspecified atom stereocenters. The van der Waals surface area contributed by atoms with Crippen LogP contribution in [0.25, 0.3) is 0 Å². The van der Waals surface area contributed by atoms with Gasteiger partial charge in [-0.1, -0.05) is 36.8 Å². The van der Waals surface area contributed by atoms with E-state index in [0.29, 0.717) is 6.54 Å². The lowest BCUT2D eigenvalue weighted by molar-refractivity contribution is -0.127. The average molecular weight is 352 g/mol. The fourth-order valence-corrected chi connectivity index (χ4v) is 4.08. The minimum absolute atomic E-state index is 0.198. The van der Waals surface area contributed by atoms with Gasteiger partial charge in [0.15, 0.2) is 0 Å². The van der Waals surface area contributed by atoms with Crippen molar-refractivity contribution in [1.29, 1.82) is 0 Å². The van der Waals surface area contributed by atoms with E-state index in [1.807, 2.05) is 10.8 Å². The first kappa shape index (κ1) is 17.3. The number of aromatic nitrogens is 2. The molecule has 4 rings (SSSR count). The smallest absolute Gasteiger partial charge is 0.228 e. The Labute approximate surface area is 155 Å². The number of hydrogen-bond donors (Lipinski definition) is 1. The molecule has 26 heavy (non-hydrogen) atoms. The number of nitrogens with one attached hydrogen (secondary N) is 1. The lowest BCUT2D eigenvalue weighted by Gasteiger charge is -2.35. The molecule has 138 valence electrons. The fourth-order valence-electron chi connectivity index (χ4n) is 4.08. The third-order valence-corrected chi connectivity index (χ3v) is 5.85. The van der Waals surface area contributed by atoms with Crippen molar-refractivity contribution in [2.75, 3.05) is 19.6 Å². The van der Waals surface area contributed by atoms with E-state index in [4.69, 9.17) is 0 Å². The van der Waals surface area contributed by atoms with Gasteiger partial charge in [-0.25, -0.2) is 4.98 Å². The van der Waals surface area contributed by atoms with E-state index < -0.39 is 0 Å². The van der Waals surface area contributed by atoms with Crippen LogP contribution in [0.4, 0.5) is 0 Å². The quantitative estimate of drug-likeness (QED) is 0.833. The largest absolute Gasteiger partial charge is 0.354 e. The second kappa shape index (κ2) is 7.62. The molecule has 0 spiro atoms. The van der Waals surface area contributed by atoms with Crippen LogP contribution < -0.4 is 5.32 Å². The zero-order chi connectivity index (χ0) is 17.8. The molecule has 1 saturated carbocycles. The summed E-state index contributed by atoms with van der Waals surface area (Å²) >= 11 is 0. The van der Waals surface area contributed by atoms with Crippen molar-refractivity contribution < 1.29 is 4.79 Å². The van der Waals surface area contributed by atoms with Gasteiger partial charge in [0.2, 0.25) is 5.91 Å². The highest BCUT2D eigenvalue weighted by Gasteiger charge is 2.50. The minimum Gasteiger partial charge on any atom is -0.354 e. The number of carbonyl (C=O) groups is 1. The molecule has 2 heterocycles. The minimum atomic E-state index is -0.232. The first-order valence-electron chi connectivity index (χ1n) is 9.80. The van der Waals surface area contributed by atoms with Gasteiger partial charge in [-0.05, 0) is 44.3 Å². The summed E-state index contributed by atoms with van der Waals surface area (Å²) in [6.07, 6.45) is 11.3. The summed E-state index contributed by atoms with van der Waals surface area (Å²) in [4.78, 5) is 19.5. The number of likely N-dealkylation sites (tertiary alicyclic amines) is 1. The van der Waals surface area contributed by atoms with Gasteiger partial charge >= 0.3 is 0 Å². The molecular weight excluding hydrogens is 324 g/mol. The number of amides is 1. The zero-order valence-corrected chi connectivity index (χ0v) is 15.3. The number of benzene rings is 1. The Bertz CT molecular complexity index is 703. The second-order valence-electron chi connectivity index (χ2n) is 7.75. The van der Waals surface area contributed by atoms with Crippen molar-refractivity contribution in [3.63, 3.8) is 0 Å². The Hall–Kier alpha value is -2.14. The predicted molar refractivity (Wildman–Crippen MR) is 102 cm³/mol. The molecule has 1 aliphatic carbocycles. The van der Waals surface area contributed by atoms with Crippen LogP contribution in [0, 0.1) is 5.41 Å². The van der Waals surface area contributed by atoms with E-state index in [9.17, 15) is 4.79 Å². The van der Waals surface area contributed by atoms with Crippen LogP contribution in [0.1, 0.15) is 43.7 Å². The van der Waals surface area contributed by atoms with E-state index in [1.54, 1.807) is 12.5 Å². The zero-order valence-electron chi connectivity index (χ0n) is 15.3. The monoisotopic (exact) mass is 352 g/mol. The lowest BCUT2D eigenvalue weighted by atomic mass is 10.0. The van der Waals surface area contributed by atoms with E-state index in [-0.39, 0.29) is 17.4 Å². The van der Waals surface area contributed by atoms with Crippen LogP contribution >= 0.6 is 0 Å². The molecule has 1 amide bonds. The maximum atomic E-state index is 12.9. The van der Waals surface area contributed by atoms with Crippen molar-refractivity contribution in [1.82, 2.24) is 19.8 Å². The molecule has 0 radical (unpaired) electrons. The Morgan fingerprint density at radius 1 is 1.15 bits per heavy atom. The summed E-state index contributed by atoms with van der Waals surface area (Å²) in [6, 6.07) is 10.9. The van der Waals surface area contributed by atoms with Gasteiger partial charge < -0.3 is 9.88 Å². The van der Waals surface area contributed by atoms with Crippen molar-refractivity contribution in [3.05, 3.63) is 54.6 Å². The second-order valence-corrected chi connectivity index (χ2v) is 7.75. The fraction of sp³-hybridized carbons (Fsp3) is 0.524. The highest BCUT2D eigenvalue weighted by atomic mass is 16.2. The number of carbonyl (C=O) groups excluding carboxylic acids is 1. The third-order valence-electron chi connectivity index (χ3n) is 5.85. The Balaban J connectivity index is 1.42. The Morgan fingerprint density at radius 2 is 1.92 bits per heavy atom. The predicted octanol–water partition coefficient (Wildman–Crippen LogP) is 3.01. The van der Waals surface area contributed by atoms with E-state index >= 15 is 0 Å². The standard InChI is InChI=1S/C21H28N4O/c26-20(21(9-10-21)16-24-14-11-22-17-24)23-15-19(18-7-3-1-4-8-18)25-12-5-2-6-13-25/h1,3-4,7-8,11,14,17,19H,2,5-6,9-10,12-13,15-16H2,(H,23,26)/t19-/m1/s1. The van der Waals surface area contributed by atoms with E-state index in [0.717, 1.165) is 32.5 Å². The van der Waals surface area contributed by atoms with Crippen LogP contribution in [0.15, 0.2) is 49.1 Å². The first-order chi connectivity index (χ1) is 12.8. The summed E-state index contributed by atoms with van der Waals surface area (Å²) in [5, 5.41) is 3.28. The topological polar surface area (TPSA) is 50.2 Å². The molecule has 2 aliphatic rings. The van der Waals surface area contributed by atoms with Gasteiger partial charge in [0.25, 0.3) is 0 Å². The summed E-state index contributed by atoms with van der Waals surface area (Å²) in [5.41, 5.74) is 1.07. The molecule has 5 nitrogen and oxygen atoms in total. The van der Waals surface area contributed by atoms with Crippen molar-refractivity contribution >= 4 is 5.91 Å². The highest BCUT2D eigenvalue weighted by Crippen LogP contribution is 2.47. The molecule has 0 bridgehead atoms. The average Bonchev–Trinajstić information content (AvgIpc) is 3.29. The van der Waals surface area contributed by atoms with Crippen molar-refractivity contribution in [3.8, 4) is 0 Å². The van der Waals surface area contributed by atoms with E-state index in [2.05, 4.69) is 45.5 Å². The summed E-state index contributed by atoms with van der Waals surface area (Å²) in [6.45, 7) is 3.66. The molecule has 1 aromatic carbocycles. The number of hydrogen-bond acceptors (Lipinski definition) is 3. The number of rotatable bonds is 7. The molecule has 1 aliphatic heterocycles. The summed E-state index contributed by atoms with van der Waals surface area (Å²) < 4.78 is 2.02. The van der Waals surface area contributed by atoms with Crippen LogP contribution in [0.2, 0.25) is 0 Å². The van der Waals surface area contributed by atoms with E-state index in [1.165, 1.54) is 24.8 Å². The molecule has 1 atom stereocenters. The molecule has 1 N–H and O–H groups in total. The molecule has 5 heteroatoms. The van der Waals surface area contributed by atoms with Crippen molar-refractivity contribution in [2.45, 2.75) is 44.7 Å². The maximum absolute atomic E-state index is 12.9. The molecule has 2 fully saturated rings. The van der Waals surface area contributed by atoms with Gasteiger partial charge in [0.1, 0.15) is 0 Å². The Kier molecular flexibility index (Phi) is 5.07. The molecule has 2 aromatic rings. The maximum Gasteiger partial charge on any atom is 0.228 e.